The van der Waals surface area contributed by atoms with Gasteiger partial charge in [-0.15, -0.1) is 0 Å². The van der Waals surface area contributed by atoms with Crippen LogP contribution in [0.1, 0.15) is 13.8 Å². The average molecular weight is 161 g/mol. The van der Waals surface area contributed by atoms with Crippen LogP contribution in [0.25, 0.3) is 0 Å². The molecule has 1 nitrogen and oxygen atoms in total. The van der Waals surface area contributed by atoms with Crippen LogP contribution in [0.5, 0.6) is 0 Å². The molecule has 0 aromatic heterocycles. The Morgan fingerprint density at radius 1 is 1.33 bits per heavy atom. The van der Waals surface area contributed by atoms with Gasteiger partial charge in [0, 0.05) is 9.52 Å². The highest BCUT2D eigenvalue weighted by Gasteiger charge is 1.90. The fourth-order valence-corrected chi connectivity index (χ4v) is 4.55. The highest BCUT2D eigenvalue weighted by Crippen LogP contribution is 1.86. The molecule has 0 fully saturated rings. The molecule has 0 aromatic carbocycles. The van der Waals surface area contributed by atoms with Crippen molar-refractivity contribution in [1.29, 1.82) is 0 Å². The van der Waals surface area contributed by atoms with Crippen LogP contribution >= 0.6 is 0 Å². The Morgan fingerprint density at radius 3 is 2.44 bits per heavy atom. The number of rotatable bonds is 5. The lowest BCUT2D eigenvalue weighted by atomic mass is 10.4. The summed E-state index contributed by atoms with van der Waals surface area (Å²) in [6.45, 7) is 6.86. The van der Waals surface area contributed by atoms with Crippen molar-refractivity contribution in [3.8, 4) is 0 Å². The second-order valence-corrected chi connectivity index (χ2v) is 6.14. The summed E-state index contributed by atoms with van der Waals surface area (Å²) in [7, 11) is 0.501. The Labute approximate surface area is 63.3 Å². The van der Waals surface area contributed by atoms with E-state index in [2.05, 4.69) is 25.4 Å². The summed E-state index contributed by atoms with van der Waals surface area (Å²) in [4.78, 5) is 3.54. The van der Waals surface area contributed by atoms with E-state index < -0.39 is 0 Å². The Kier molecular flexibility index (Phi) is 6.80. The predicted octanol–water partition coefficient (Wildman–Crippen LogP) is 0.122. The molecule has 0 aliphatic rings. The molecule has 0 saturated carbocycles. The molecule has 0 aliphatic carbocycles. The molecular formula is C6H19NSi2. The molecule has 0 rings (SSSR count). The highest BCUT2D eigenvalue weighted by molar-refractivity contribution is 6.39. The molecule has 56 valence electrons. The van der Waals surface area contributed by atoms with E-state index in [-0.39, 0.29) is 9.68 Å². The largest absolute Gasteiger partial charge is 0.340 e. The molecule has 3 heteroatoms. The van der Waals surface area contributed by atoms with Crippen LogP contribution in [0, 0.1) is 0 Å². The maximum atomic E-state index is 3.54. The van der Waals surface area contributed by atoms with Gasteiger partial charge in [0.15, 0.2) is 0 Å². The van der Waals surface area contributed by atoms with Crippen molar-refractivity contribution in [1.82, 2.24) is 4.98 Å². The van der Waals surface area contributed by atoms with E-state index in [4.69, 9.17) is 0 Å². The molecule has 0 radical (unpaired) electrons. The molecule has 0 heterocycles. The molecule has 1 N–H and O–H groups in total. The van der Waals surface area contributed by atoms with Gasteiger partial charge < -0.3 is 4.98 Å². The zero-order chi connectivity index (χ0) is 7.11. The maximum Gasteiger partial charge on any atom is 0.0916 e. The molecule has 9 heavy (non-hydrogen) atoms. The SMILES string of the molecule is C[SiH2]CC[SiH2]NC(C)C. The van der Waals surface area contributed by atoms with Gasteiger partial charge in [-0.2, -0.15) is 0 Å². The van der Waals surface area contributed by atoms with E-state index in [1.165, 1.54) is 6.04 Å². The van der Waals surface area contributed by atoms with Crippen molar-refractivity contribution in [3.63, 3.8) is 0 Å². The first kappa shape index (κ1) is 9.39. The lowest BCUT2D eigenvalue weighted by molar-refractivity contribution is 0.751. The number of hydrogen-bond acceptors (Lipinski definition) is 1. The summed E-state index contributed by atoms with van der Waals surface area (Å²) in [5.41, 5.74) is 0. The third-order valence-corrected chi connectivity index (χ3v) is 5.50. The minimum Gasteiger partial charge on any atom is -0.340 e. The predicted molar refractivity (Wildman–Crippen MR) is 50.8 cm³/mol. The molecule has 0 amide bonds. The van der Waals surface area contributed by atoms with Crippen LogP contribution in [0.4, 0.5) is 0 Å². The van der Waals surface area contributed by atoms with E-state index in [0.717, 1.165) is 6.04 Å². The van der Waals surface area contributed by atoms with Crippen LogP contribution in [0.2, 0.25) is 18.6 Å². The lowest BCUT2D eigenvalue weighted by Crippen LogP contribution is -2.26. The Bertz CT molecular complexity index is 57.0. The van der Waals surface area contributed by atoms with Gasteiger partial charge in [0.05, 0.1) is 9.68 Å². The van der Waals surface area contributed by atoms with Crippen molar-refractivity contribution in [2.45, 2.75) is 38.5 Å². The van der Waals surface area contributed by atoms with E-state index >= 15 is 0 Å². The monoisotopic (exact) mass is 161 g/mol. The zero-order valence-corrected chi connectivity index (χ0v) is 9.73. The second kappa shape index (κ2) is 6.51. The topological polar surface area (TPSA) is 12.0 Å². The summed E-state index contributed by atoms with van der Waals surface area (Å²) in [5, 5.41) is 0. The van der Waals surface area contributed by atoms with Crippen molar-refractivity contribution < 1.29 is 0 Å². The van der Waals surface area contributed by atoms with E-state index in [0.29, 0.717) is 9.52 Å². The van der Waals surface area contributed by atoms with Crippen molar-refractivity contribution in [3.05, 3.63) is 0 Å². The van der Waals surface area contributed by atoms with Crippen molar-refractivity contribution in [2.75, 3.05) is 0 Å². The fourth-order valence-electron chi connectivity index (χ4n) is 0.766. The van der Waals surface area contributed by atoms with Gasteiger partial charge >= 0.3 is 0 Å². The smallest absolute Gasteiger partial charge is 0.0916 e. The lowest BCUT2D eigenvalue weighted by Gasteiger charge is -2.05. The maximum absolute atomic E-state index is 3.54. The highest BCUT2D eigenvalue weighted by atomic mass is 28.2. The van der Waals surface area contributed by atoms with E-state index in [1.54, 1.807) is 6.04 Å². The minimum absolute atomic E-state index is 0.138. The summed E-state index contributed by atoms with van der Waals surface area (Å²) < 4.78 is 0. The van der Waals surface area contributed by atoms with Gasteiger partial charge in [0.25, 0.3) is 0 Å². The van der Waals surface area contributed by atoms with Crippen LogP contribution in [-0.2, 0) is 0 Å². The third kappa shape index (κ3) is 8.39. The van der Waals surface area contributed by atoms with Crippen LogP contribution in [0.15, 0.2) is 0 Å². The first-order valence-electron chi connectivity index (χ1n) is 4.00. The summed E-state index contributed by atoms with van der Waals surface area (Å²) >= 11 is 0. The Balaban J connectivity index is 2.75. The minimum atomic E-state index is 0.138. The van der Waals surface area contributed by atoms with Crippen LogP contribution in [-0.4, -0.2) is 25.2 Å². The number of hydrogen-bond donors (Lipinski definition) is 1. The zero-order valence-electron chi connectivity index (χ0n) is 6.91. The normalized spacial score (nSPS) is 13.3. The molecule has 0 aliphatic heterocycles. The quantitative estimate of drug-likeness (QED) is 0.446. The van der Waals surface area contributed by atoms with Gasteiger partial charge in [-0.05, 0) is 6.04 Å². The second-order valence-electron chi connectivity index (χ2n) is 2.82. The van der Waals surface area contributed by atoms with Gasteiger partial charge in [0.1, 0.15) is 0 Å². The van der Waals surface area contributed by atoms with Gasteiger partial charge in [-0.25, -0.2) is 0 Å². The van der Waals surface area contributed by atoms with Crippen LogP contribution < -0.4 is 4.98 Å². The third-order valence-electron chi connectivity index (χ3n) is 1.33. The molecule has 0 aromatic rings. The van der Waals surface area contributed by atoms with Gasteiger partial charge in [-0.3, -0.25) is 0 Å². The summed E-state index contributed by atoms with van der Waals surface area (Å²) in [5.74, 6) is 0. The Morgan fingerprint density at radius 2 is 2.00 bits per heavy atom. The molecule has 0 unspecified atom stereocenters. The average Bonchev–Trinajstić information content (AvgIpc) is 1.80. The molecule has 0 saturated heterocycles. The number of nitrogens with one attached hydrogen (secondary N) is 1. The standard InChI is InChI=1S/C6H19NSi2/c1-6(2)7-9-5-4-8-3/h6-7H,4-5,8-9H2,1-3H3. The first-order valence-corrected chi connectivity index (χ1v) is 8.13. The molecule has 0 atom stereocenters. The van der Waals surface area contributed by atoms with E-state index in [9.17, 15) is 0 Å². The van der Waals surface area contributed by atoms with Crippen LogP contribution in [0.3, 0.4) is 0 Å². The van der Waals surface area contributed by atoms with Crippen molar-refractivity contribution >= 4 is 19.2 Å². The first-order chi connectivity index (χ1) is 4.27. The molecular weight excluding hydrogens is 142 g/mol. The molecule has 0 bridgehead atoms. The van der Waals surface area contributed by atoms with Crippen molar-refractivity contribution in [2.24, 2.45) is 0 Å². The summed E-state index contributed by atoms with van der Waals surface area (Å²) in [6, 6.07) is 3.82. The molecule has 0 spiro atoms. The Hall–Kier alpha value is 0.394. The fraction of sp³-hybridized carbons (Fsp3) is 1.00. The van der Waals surface area contributed by atoms with Gasteiger partial charge in [0.2, 0.25) is 0 Å². The van der Waals surface area contributed by atoms with Gasteiger partial charge in [-0.1, -0.05) is 32.5 Å². The summed E-state index contributed by atoms with van der Waals surface area (Å²) in [6.07, 6.45) is 0. The van der Waals surface area contributed by atoms with E-state index in [1.807, 2.05) is 0 Å².